The zero-order valence-electron chi connectivity index (χ0n) is 19.3. The fourth-order valence-corrected chi connectivity index (χ4v) is 3.94. The number of carbonyl (C=O) groups is 1. The fraction of sp³-hybridized carbons (Fsp3) is 0.370. The number of hydrogen-bond donors (Lipinski definition) is 0. The van der Waals surface area contributed by atoms with Crippen molar-refractivity contribution in [2.45, 2.75) is 52.7 Å². The summed E-state index contributed by atoms with van der Waals surface area (Å²) >= 11 is 6.19. The number of amides is 1. The van der Waals surface area contributed by atoms with E-state index in [-0.39, 0.29) is 11.9 Å². The predicted molar refractivity (Wildman–Crippen MR) is 131 cm³/mol. The molecule has 1 heterocycles. The van der Waals surface area contributed by atoms with Crippen molar-refractivity contribution in [2.75, 3.05) is 13.1 Å². The maximum atomic E-state index is 13.5. The van der Waals surface area contributed by atoms with E-state index in [1.54, 1.807) is 0 Å². The van der Waals surface area contributed by atoms with Crippen molar-refractivity contribution in [1.29, 1.82) is 0 Å². The molecule has 32 heavy (non-hydrogen) atoms. The smallest absolute Gasteiger partial charge is 0.237 e. The summed E-state index contributed by atoms with van der Waals surface area (Å²) in [5.74, 6) is 1.78. The van der Waals surface area contributed by atoms with Gasteiger partial charge in [-0.05, 0) is 62.1 Å². The highest BCUT2D eigenvalue weighted by Gasteiger charge is 2.22. The van der Waals surface area contributed by atoms with Crippen LogP contribution in [-0.4, -0.2) is 34.8 Å². The normalized spacial score (nSPS) is 12.2. The van der Waals surface area contributed by atoms with E-state index < -0.39 is 0 Å². The van der Waals surface area contributed by atoms with Crippen LogP contribution in [0, 0.1) is 6.92 Å². The molecule has 1 aromatic heterocycles. The lowest BCUT2D eigenvalue weighted by Crippen LogP contribution is -2.43. The molecule has 0 spiro atoms. The first kappa shape index (κ1) is 24.1. The summed E-state index contributed by atoms with van der Waals surface area (Å²) in [5.41, 5.74) is 2.33. The van der Waals surface area contributed by atoms with Crippen molar-refractivity contribution in [3.05, 3.63) is 94.4 Å². The zero-order valence-corrected chi connectivity index (χ0v) is 20.0. The summed E-state index contributed by atoms with van der Waals surface area (Å²) in [4.78, 5) is 17.6. The molecule has 1 amide bonds. The maximum Gasteiger partial charge on any atom is 0.237 e. The van der Waals surface area contributed by atoms with Crippen LogP contribution in [0.1, 0.15) is 42.9 Å². The largest absolute Gasteiger partial charge is 0.464 e. The van der Waals surface area contributed by atoms with Gasteiger partial charge < -0.3 is 9.32 Å². The molecule has 0 fully saturated rings. The number of nitrogens with zero attached hydrogens (tertiary/aromatic N) is 2. The van der Waals surface area contributed by atoms with E-state index in [1.165, 1.54) is 5.56 Å². The third kappa shape index (κ3) is 7.25. The number of furan rings is 1. The van der Waals surface area contributed by atoms with Gasteiger partial charge in [0, 0.05) is 24.2 Å². The molecule has 170 valence electrons. The molecule has 3 aromatic rings. The first-order valence-corrected chi connectivity index (χ1v) is 11.7. The van der Waals surface area contributed by atoms with E-state index in [2.05, 4.69) is 36.9 Å². The highest BCUT2D eigenvalue weighted by molar-refractivity contribution is 6.30. The second kappa shape index (κ2) is 11.9. The Balaban J connectivity index is 1.73. The molecule has 2 aromatic carbocycles. The Morgan fingerprint density at radius 1 is 1.00 bits per heavy atom. The number of carbonyl (C=O) groups excluding carboxylic acids is 1. The van der Waals surface area contributed by atoms with E-state index in [0.717, 1.165) is 34.9 Å². The Morgan fingerprint density at radius 2 is 1.75 bits per heavy atom. The Morgan fingerprint density at radius 3 is 2.41 bits per heavy atom. The molecule has 0 saturated heterocycles. The van der Waals surface area contributed by atoms with Crippen molar-refractivity contribution < 1.29 is 9.21 Å². The topological polar surface area (TPSA) is 36.7 Å². The van der Waals surface area contributed by atoms with Gasteiger partial charge in [-0.3, -0.25) is 9.69 Å². The third-order valence-electron chi connectivity index (χ3n) is 5.84. The average molecular weight is 453 g/mol. The second-order valence-corrected chi connectivity index (χ2v) is 8.79. The van der Waals surface area contributed by atoms with Gasteiger partial charge in [-0.15, -0.1) is 0 Å². The molecule has 0 radical (unpaired) electrons. The molecule has 0 N–H and O–H groups in total. The molecular weight excluding hydrogens is 420 g/mol. The van der Waals surface area contributed by atoms with Crippen LogP contribution in [0.3, 0.4) is 0 Å². The summed E-state index contributed by atoms with van der Waals surface area (Å²) in [6.45, 7) is 8.42. The van der Waals surface area contributed by atoms with Crippen LogP contribution in [0.15, 0.2) is 71.1 Å². The van der Waals surface area contributed by atoms with Crippen molar-refractivity contribution in [3.63, 3.8) is 0 Å². The van der Waals surface area contributed by atoms with Gasteiger partial charge in [0.2, 0.25) is 5.91 Å². The summed E-state index contributed by atoms with van der Waals surface area (Å²) in [6.07, 6.45) is 1.78. The lowest BCUT2D eigenvalue weighted by atomic mass is 10.1. The number of halogens is 1. The number of hydrogen-bond acceptors (Lipinski definition) is 3. The van der Waals surface area contributed by atoms with Gasteiger partial charge in [-0.1, -0.05) is 61.0 Å². The Bertz CT molecular complexity index is 986. The highest BCUT2D eigenvalue weighted by atomic mass is 35.5. The lowest BCUT2D eigenvalue weighted by molar-refractivity contribution is -0.134. The number of rotatable bonds is 11. The lowest BCUT2D eigenvalue weighted by Gasteiger charge is -2.31. The van der Waals surface area contributed by atoms with Crippen LogP contribution in [0.5, 0.6) is 0 Å². The van der Waals surface area contributed by atoms with E-state index in [4.69, 9.17) is 16.0 Å². The molecule has 5 heteroatoms. The second-order valence-electron chi connectivity index (χ2n) is 8.36. The predicted octanol–water partition coefficient (Wildman–Crippen LogP) is 6.11. The molecule has 0 aliphatic rings. The minimum atomic E-state index is 0.109. The molecule has 0 aliphatic carbocycles. The van der Waals surface area contributed by atoms with Crippen LogP contribution in [-0.2, 0) is 24.3 Å². The van der Waals surface area contributed by atoms with Gasteiger partial charge in [-0.25, -0.2) is 0 Å². The van der Waals surface area contributed by atoms with Gasteiger partial charge in [-0.2, -0.15) is 0 Å². The standard InChI is InChI=1S/C27H33ClN2O2/c1-4-21(2)30(18-24-11-8-12-25(28)17-24)20-27(31)29(19-26-14-13-22(3)32-26)16-15-23-9-6-5-7-10-23/h5-14,17,21H,4,15-16,18-20H2,1-3H3/t21-/m0/s1. The molecule has 4 nitrogen and oxygen atoms in total. The minimum Gasteiger partial charge on any atom is -0.464 e. The highest BCUT2D eigenvalue weighted by Crippen LogP contribution is 2.17. The zero-order chi connectivity index (χ0) is 22.9. The molecule has 0 aliphatic heterocycles. The quantitative estimate of drug-likeness (QED) is 0.352. The molecule has 0 saturated carbocycles. The van der Waals surface area contributed by atoms with Gasteiger partial charge in [0.1, 0.15) is 11.5 Å². The SMILES string of the molecule is CC[C@H](C)N(CC(=O)N(CCc1ccccc1)Cc1ccc(C)o1)Cc1cccc(Cl)c1. The third-order valence-corrected chi connectivity index (χ3v) is 6.07. The van der Waals surface area contributed by atoms with Gasteiger partial charge in [0.25, 0.3) is 0 Å². The summed E-state index contributed by atoms with van der Waals surface area (Å²) in [7, 11) is 0. The summed E-state index contributed by atoms with van der Waals surface area (Å²) in [6, 6.07) is 22.3. The van der Waals surface area contributed by atoms with Crippen LogP contribution in [0.25, 0.3) is 0 Å². The molecule has 0 bridgehead atoms. The molecule has 3 rings (SSSR count). The van der Waals surface area contributed by atoms with Crippen LogP contribution < -0.4 is 0 Å². The molecule has 0 unspecified atom stereocenters. The Labute approximate surface area is 196 Å². The summed E-state index contributed by atoms with van der Waals surface area (Å²) in [5, 5.41) is 0.718. The van der Waals surface area contributed by atoms with E-state index in [9.17, 15) is 4.79 Å². The van der Waals surface area contributed by atoms with E-state index >= 15 is 0 Å². The van der Waals surface area contributed by atoms with Crippen LogP contribution in [0.4, 0.5) is 0 Å². The van der Waals surface area contributed by atoms with Crippen molar-refractivity contribution >= 4 is 17.5 Å². The number of aryl methyl sites for hydroxylation is 1. The monoisotopic (exact) mass is 452 g/mol. The van der Waals surface area contributed by atoms with Gasteiger partial charge in [0.05, 0.1) is 13.1 Å². The molecule has 1 atom stereocenters. The first-order chi connectivity index (χ1) is 15.4. The Kier molecular flexibility index (Phi) is 8.95. The Hall–Kier alpha value is -2.56. The van der Waals surface area contributed by atoms with Crippen LogP contribution in [0.2, 0.25) is 5.02 Å². The fourth-order valence-electron chi connectivity index (χ4n) is 3.73. The minimum absolute atomic E-state index is 0.109. The summed E-state index contributed by atoms with van der Waals surface area (Å²) < 4.78 is 5.78. The van der Waals surface area contributed by atoms with Gasteiger partial charge >= 0.3 is 0 Å². The van der Waals surface area contributed by atoms with Gasteiger partial charge in [0.15, 0.2) is 0 Å². The number of benzene rings is 2. The van der Waals surface area contributed by atoms with E-state index in [0.29, 0.717) is 26.2 Å². The molecular formula is C27H33ClN2O2. The maximum absolute atomic E-state index is 13.5. The van der Waals surface area contributed by atoms with Crippen molar-refractivity contribution in [1.82, 2.24) is 9.80 Å². The first-order valence-electron chi connectivity index (χ1n) is 11.3. The van der Waals surface area contributed by atoms with Crippen molar-refractivity contribution in [2.24, 2.45) is 0 Å². The van der Waals surface area contributed by atoms with Crippen molar-refractivity contribution in [3.8, 4) is 0 Å². The van der Waals surface area contributed by atoms with E-state index in [1.807, 2.05) is 60.4 Å². The average Bonchev–Trinajstić information content (AvgIpc) is 3.20. The van der Waals surface area contributed by atoms with Crippen LogP contribution >= 0.6 is 11.6 Å².